The van der Waals surface area contributed by atoms with Gasteiger partial charge in [0, 0.05) is 24.4 Å². The van der Waals surface area contributed by atoms with Gasteiger partial charge in [-0.3, -0.25) is 0 Å². The fourth-order valence-electron chi connectivity index (χ4n) is 3.37. The molecule has 0 amide bonds. The van der Waals surface area contributed by atoms with Crippen molar-refractivity contribution >= 4 is 17.6 Å². The molecule has 0 atom stereocenters. The second-order valence-corrected chi connectivity index (χ2v) is 6.51. The molecule has 0 saturated heterocycles. The van der Waals surface area contributed by atoms with Crippen LogP contribution < -0.4 is 9.64 Å². The average Bonchev–Trinajstić information content (AvgIpc) is 3.06. The Kier molecular flexibility index (Phi) is 5.72. The number of carbonyl (C=O) groups is 2. The van der Waals surface area contributed by atoms with Gasteiger partial charge in [0.15, 0.2) is 5.69 Å². The summed E-state index contributed by atoms with van der Waals surface area (Å²) in [4.78, 5) is 26.2. The van der Waals surface area contributed by atoms with Crippen LogP contribution in [-0.2, 0) is 16.0 Å². The van der Waals surface area contributed by atoms with E-state index in [1.54, 1.807) is 36.9 Å². The minimum atomic E-state index is -1.14. The Labute approximate surface area is 173 Å². The highest BCUT2D eigenvalue weighted by atomic mass is 16.5. The molecule has 0 bridgehead atoms. The number of aromatic nitrogens is 3. The molecule has 1 N–H and O–H groups in total. The van der Waals surface area contributed by atoms with Crippen molar-refractivity contribution in [2.75, 3.05) is 18.6 Å². The normalized spacial score (nSPS) is 14.2. The Balaban J connectivity index is 2.40. The smallest absolute Gasteiger partial charge is 0.360 e. The summed E-state index contributed by atoms with van der Waals surface area (Å²) in [6.07, 6.45) is 1.55. The third-order valence-corrected chi connectivity index (χ3v) is 4.64. The highest BCUT2D eigenvalue weighted by Crippen LogP contribution is 2.38. The first-order valence-corrected chi connectivity index (χ1v) is 9.18. The molecule has 2 aromatic rings. The summed E-state index contributed by atoms with van der Waals surface area (Å²) in [6, 6.07) is 5.22. The standard InChI is InChI=1S/C21H22N4O5/c1-6-24-14-9-8-13(29-5)10-15(14)25-17(19(22-23-25)21(28)30-7-2)11-16(24)18(12(3)4)20(26)27/h6,8-10H,1,3,7,11H2,2,4-5H3,(H,26,27)/b18-16+. The van der Waals surface area contributed by atoms with E-state index in [1.807, 2.05) is 0 Å². The highest BCUT2D eigenvalue weighted by Gasteiger charge is 2.32. The van der Waals surface area contributed by atoms with Crippen LogP contribution in [0.1, 0.15) is 30.0 Å². The number of esters is 1. The lowest BCUT2D eigenvalue weighted by atomic mass is 10.0. The van der Waals surface area contributed by atoms with Crippen molar-refractivity contribution in [3.8, 4) is 11.4 Å². The van der Waals surface area contributed by atoms with Crippen LogP contribution in [-0.4, -0.2) is 45.8 Å². The van der Waals surface area contributed by atoms with Crippen molar-refractivity contribution in [3.63, 3.8) is 0 Å². The number of carboxylic acids is 1. The van der Waals surface area contributed by atoms with E-state index in [2.05, 4.69) is 23.5 Å². The van der Waals surface area contributed by atoms with Crippen LogP contribution in [0.2, 0.25) is 0 Å². The topological polar surface area (TPSA) is 107 Å². The molecule has 1 aliphatic rings. The molecule has 9 nitrogen and oxygen atoms in total. The van der Waals surface area contributed by atoms with E-state index in [4.69, 9.17) is 9.47 Å². The number of carboxylic acid groups (broad SMARTS) is 1. The first-order valence-electron chi connectivity index (χ1n) is 9.18. The summed E-state index contributed by atoms with van der Waals surface area (Å²) in [5.74, 6) is -1.22. The van der Waals surface area contributed by atoms with E-state index in [9.17, 15) is 14.7 Å². The molecule has 3 rings (SSSR count). The molecular formula is C21H22N4O5. The second-order valence-electron chi connectivity index (χ2n) is 6.51. The van der Waals surface area contributed by atoms with Crippen LogP contribution >= 0.6 is 0 Å². The predicted molar refractivity (Wildman–Crippen MR) is 110 cm³/mol. The molecule has 1 aromatic carbocycles. The first kappa shape index (κ1) is 20.8. The number of methoxy groups -OCH3 is 1. The van der Waals surface area contributed by atoms with E-state index in [0.29, 0.717) is 34.1 Å². The number of allylic oxidation sites excluding steroid dienone is 1. The number of benzene rings is 1. The minimum Gasteiger partial charge on any atom is -0.497 e. The van der Waals surface area contributed by atoms with Crippen LogP contribution in [0.3, 0.4) is 0 Å². The quantitative estimate of drug-likeness (QED) is 0.572. The first-order chi connectivity index (χ1) is 14.3. The lowest BCUT2D eigenvalue weighted by molar-refractivity contribution is -0.132. The molecule has 0 aliphatic carbocycles. The zero-order valence-electron chi connectivity index (χ0n) is 17.0. The number of hydrogen-bond acceptors (Lipinski definition) is 7. The van der Waals surface area contributed by atoms with Crippen molar-refractivity contribution < 1.29 is 24.2 Å². The zero-order chi connectivity index (χ0) is 22.0. The van der Waals surface area contributed by atoms with Gasteiger partial charge in [0.25, 0.3) is 0 Å². The maximum atomic E-state index is 12.5. The summed E-state index contributed by atoms with van der Waals surface area (Å²) >= 11 is 0. The van der Waals surface area contributed by atoms with Gasteiger partial charge in [-0.05, 0) is 31.6 Å². The summed E-state index contributed by atoms with van der Waals surface area (Å²) in [5, 5.41) is 18.0. The number of hydrogen-bond donors (Lipinski definition) is 1. The van der Waals surface area contributed by atoms with Gasteiger partial charge in [0.05, 0.1) is 36.4 Å². The lowest BCUT2D eigenvalue weighted by Gasteiger charge is -2.25. The van der Waals surface area contributed by atoms with Gasteiger partial charge in [0.1, 0.15) is 5.75 Å². The molecule has 9 heteroatoms. The molecule has 1 aromatic heterocycles. The van der Waals surface area contributed by atoms with Gasteiger partial charge < -0.3 is 19.5 Å². The van der Waals surface area contributed by atoms with Crippen LogP contribution in [0.25, 0.3) is 5.69 Å². The van der Waals surface area contributed by atoms with Gasteiger partial charge in [-0.2, -0.15) is 0 Å². The average molecular weight is 410 g/mol. The Morgan fingerprint density at radius 3 is 2.63 bits per heavy atom. The molecule has 2 heterocycles. The number of carbonyl (C=O) groups excluding carboxylic acids is 1. The molecule has 0 spiro atoms. The summed E-state index contributed by atoms with van der Waals surface area (Å²) in [5.41, 5.74) is 2.30. The van der Waals surface area contributed by atoms with Crippen LogP contribution in [0.15, 0.2) is 54.4 Å². The second kappa shape index (κ2) is 8.24. The van der Waals surface area contributed by atoms with Crippen LogP contribution in [0.5, 0.6) is 5.75 Å². The van der Waals surface area contributed by atoms with E-state index >= 15 is 0 Å². The van der Waals surface area contributed by atoms with Gasteiger partial charge in [-0.25, -0.2) is 14.3 Å². The maximum absolute atomic E-state index is 12.5. The fraction of sp³-hybridized carbons (Fsp3) is 0.238. The van der Waals surface area contributed by atoms with E-state index in [1.165, 1.54) is 18.0 Å². The Morgan fingerprint density at radius 1 is 1.33 bits per heavy atom. The largest absolute Gasteiger partial charge is 0.497 e. The van der Waals surface area contributed by atoms with Crippen LogP contribution in [0, 0.1) is 0 Å². The van der Waals surface area contributed by atoms with Gasteiger partial charge in [-0.1, -0.05) is 18.4 Å². The molecule has 30 heavy (non-hydrogen) atoms. The molecule has 0 unspecified atom stereocenters. The Hall–Kier alpha value is -3.88. The van der Waals surface area contributed by atoms with E-state index in [-0.39, 0.29) is 24.3 Å². The number of fused-ring (bicyclic) bond motifs is 3. The zero-order valence-corrected chi connectivity index (χ0v) is 17.0. The van der Waals surface area contributed by atoms with Gasteiger partial charge >= 0.3 is 11.9 Å². The SMILES string of the molecule is C=CN1/C(=C(\C(=C)C)C(=O)O)Cc2c(C(=O)OCC)nnn2-c2cc(OC)ccc21. The van der Waals surface area contributed by atoms with Crippen molar-refractivity contribution in [1.82, 2.24) is 15.0 Å². The monoisotopic (exact) mass is 410 g/mol. The third kappa shape index (κ3) is 3.45. The van der Waals surface area contributed by atoms with Crippen molar-refractivity contribution in [3.05, 3.63) is 65.8 Å². The van der Waals surface area contributed by atoms with Crippen LogP contribution in [0.4, 0.5) is 5.69 Å². The molecule has 156 valence electrons. The van der Waals surface area contributed by atoms with E-state index in [0.717, 1.165) is 0 Å². The number of aliphatic carboxylic acids is 1. The Bertz CT molecular complexity index is 1070. The summed E-state index contributed by atoms with van der Waals surface area (Å²) in [6.45, 7) is 11.1. The summed E-state index contributed by atoms with van der Waals surface area (Å²) in [7, 11) is 1.53. The van der Waals surface area contributed by atoms with Gasteiger partial charge in [-0.15, -0.1) is 5.10 Å². The third-order valence-electron chi connectivity index (χ3n) is 4.64. The van der Waals surface area contributed by atoms with Gasteiger partial charge in [0.2, 0.25) is 0 Å². The number of anilines is 1. The highest BCUT2D eigenvalue weighted by molar-refractivity contribution is 5.94. The number of rotatable bonds is 6. The molecule has 0 fully saturated rings. The Morgan fingerprint density at radius 2 is 2.07 bits per heavy atom. The van der Waals surface area contributed by atoms with Crippen molar-refractivity contribution in [1.29, 1.82) is 0 Å². The van der Waals surface area contributed by atoms with E-state index < -0.39 is 11.9 Å². The molecule has 1 aliphatic heterocycles. The van der Waals surface area contributed by atoms with Crippen molar-refractivity contribution in [2.45, 2.75) is 20.3 Å². The minimum absolute atomic E-state index is 0.0143. The predicted octanol–water partition coefficient (Wildman–Crippen LogP) is 2.87. The summed E-state index contributed by atoms with van der Waals surface area (Å²) < 4.78 is 11.9. The fourth-order valence-corrected chi connectivity index (χ4v) is 3.37. The van der Waals surface area contributed by atoms with Crippen molar-refractivity contribution in [2.24, 2.45) is 0 Å². The maximum Gasteiger partial charge on any atom is 0.360 e. The molecular weight excluding hydrogens is 388 g/mol. The lowest BCUT2D eigenvalue weighted by Crippen LogP contribution is -2.22. The number of ether oxygens (including phenoxy) is 2. The number of nitrogens with zero attached hydrogens (tertiary/aromatic N) is 4. The molecule has 0 saturated carbocycles. The molecule has 0 radical (unpaired) electrons.